The number of sulfonamides is 1. The van der Waals surface area contributed by atoms with Gasteiger partial charge in [-0.1, -0.05) is 61.7 Å². The minimum Gasteiger partial charge on any atom is -0.352 e. The van der Waals surface area contributed by atoms with Gasteiger partial charge in [-0.2, -0.15) is 13.2 Å². The molecule has 7 nitrogen and oxygen atoms in total. The number of carbonyl (C=O) groups excluding carboxylic acids is 2. The maximum absolute atomic E-state index is 13.7. The van der Waals surface area contributed by atoms with Gasteiger partial charge >= 0.3 is 6.18 Å². The van der Waals surface area contributed by atoms with Crippen molar-refractivity contribution in [1.82, 2.24) is 10.2 Å². The van der Waals surface area contributed by atoms with Crippen molar-refractivity contribution in [1.29, 1.82) is 0 Å². The Morgan fingerprint density at radius 3 is 2.29 bits per heavy atom. The third-order valence-corrected chi connectivity index (χ3v) is 7.98. The van der Waals surface area contributed by atoms with E-state index in [0.29, 0.717) is 15.9 Å². The Bertz CT molecular complexity index is 1240. The molecule has 0 aliphatic heterocycles. The highest BCUT2D eigenvalue weighted by Crippen LogP contribution is 2.37. The molecule has 1 fully saturated rings. The molecule has 0 bridgehead atoms. The largest absolute Gasteiger partial charge is 0.417 e. The Balaban J connectivity index is 1.96. The van der Waals surface area contributed by atoms with Crippen molar-refractivity contribution in [2.45, 2.75) is 63.8 Å². The number of hydrogen-bond acceptors (Lipinski definition) is 4. The van der Waals surface area contributed by atoms with E-state index in [-0.39, 0.29) is 30.6 Å². The van der Waals surface area contributed by atoms with Crippen LogP contribution in [0.3, 0.4) is 0 Å². The quantitative estimate of drug-likeness (QED) is 0.434. The Hall–Kier alpha value is -2.79. The van der Waals surface area contributed by atoms with Gasteiger partial charge in [-0.3, -0.25) is 13.9 Å². The molecule has 1 N–H and O–H groups in total. The van der Waals surface area contributed by atoms with Gasteiger partial charge in [0.1, 0.15) is 12.6 Å². The summed E-state index contributed by atoms with van der Waals surface area (Å²) in [4.78, 5) is 28.2. The van der Waals surface area contributed by atoms with Crippen molar-refractivity contribution < 1.29 is 31.2 Å². The van der Waals surface area contributed by atoms with E-state index >= 15 is 0 Å². The Morgan fingerprint density at radius 2 is 1.74 bits per heavy atom. The molecule has 1 saturated carbocycles. The third-order valence-electron chi connectivity index (χ3n) is 6.51. The molecule has 0 unspecified atom stereocenters. The first-order valence-electron chi connectivity index (χ1n) is 12.3. The lowest BCUT2D eigenvalue weighted by molar-refractivity contribution is -0.140. The summed E-state index contributed by atoms with van der Waals surface area (Å²) in [5.74, 6) is -1.07. The van der Waals surface area contributed by atoms with Crippen molar-refractivity contribution in [3.05, 3.63) is 64.7 Å². The highest BCUT2D eigenvalue weighted by Gasteiger charge is 2.36. The zero-order valence-electron chi connectivity index (χ0n) is 21.2. The first kappa shape index (κ1) is 29.8. The summed E-state index contributed by atoms with van der Waals surface area (Å²) in [7, 11) is -4.19. The summed E-state index contributed by atoms with van der Waals surface area (Å²) in [5.41, 5.74) is -0.869. The van der Waals surface area contributed by atoms with E-state index in [1.54, 1.807) is 37.3 Å². The summed E-state index contributed by atoms with van der Waals surface area (Å²) in [6.07, 6.45) is -0.0881. The number of nitrogens with zero attached hydrogens (tertiary/aromatic N) is 2. The number of rotatable bonds is 10. The molecule has 0 radical (unpaired) electrons. The molecule has 1 aliphatic carbocycles. The summed E-state index contributed by atoms with van der Waals surface area (Å²) >= 11 is 5.70. The predicted molar refractivity (Wildman–Crippen MR) is 140 cm³/mol. The van der Waals surface area contributed by atoms with E-state index in [1.165, 1.54) is 4.90 Å². The van der Waals surface area contributed by atoms with Crippen LogP contribution in [-0.4, -0.2) is 50.0 Å². The van der Waals surface area contributed by atoms with Gasteiger partial charge in [0.05, 0.1) is 22.5 Å². The molecule has 0 spiro atoms. The highest BCUT2D eigenvalue weighted by atomic mass is 35.5. The van der Waals surface area contributed by atoms with Gasteiger partial charge < -0.3 is 10.2 Å². The normalized spacial score (nSPS) is 15.2. The van der Waals surface area contributed by atoms with E-state index < -0.39 is 45.3 Å². The summed E-state index contributed by atoms with van der Waals surface area (Å²) in [5, 5.41) is 2.40. The second kappa shape index (κ2) is 12.4. The van der Waals surface area contributed by atoms with Crippen LogP contribution in [0.5, 0.6) is 0 Å². The second-order valence-corrected chi connectivity index (χ2v) is 11.7. The molecule has 1 atom stereocenters. The zero-order valence-corrected chi connectivity index (χ0v) is 22.7. The first-order chi connectivity index (χ1) is 17.8. The van der Waals surface area contributed by atoms with Crippen LogP contribution in [0.2, 0.25) is 5.02 Å². The van der Waals surface area contributed by atoms with Gasteiger partial charge in [-0.25, -0.2) is 8.42 Å². The number of hydrogen-bond donors (Lipinski definition) is 1. The SMILES string of the molecule is CC[C@H](C(=O)NC1CCCC1)N(Cc1ccccc1)C(=O)CN(c1ccc(Cl)c(C(F)(F)F)c1)S(C)(=O)=O. The van der Waals surface area contributed by atoms with Gasteiger partial charge in [0.2, 0.25) is 21.8 Å². The van der Waals surface area contributed by atoms with Crippen molar-refractivity contribution in [2.75, 3.05) is 17.1 Å². The van der Waals surface area contributed by atoms with E-state index in [4.69, 9.17) is 11.6 Å². The van der Waals surface area contributed by atoms with E-state index in [1.807, 2.05) is 0 Å². The molecule has 0 heterocycles. The molecule has 2 aromatic rings. The fourth-order valence-corrected chi connectivity index (χ4v) is 5.63. The number of alkyl halides is 3. The molecule has 38 heavy (non-hydrogen) atoms. The van der Waals surface area contributed by atoms with Gasteiger partial charge in [-0.05, 0) is 43.0 Å². The number of nitrogens with one attached hydrogen (secondary N) is 1. The minimum absolute atomic E-state index is 0.00704. The van der Waals surface area contributed by atoms with Crippen LogP contribution in [0.25, 0.3) is 0 Å². The Labute approximate surface area is 226 Å². The maximum atomic E-state index is 13.7. The molecular weight excluding hydrogens is 543 g/mol. The lowest BCUT2D eigenvalue weighted by Crippen LogP contribution is -2.53. The highest BCUT2D eigenvalue weighted by molar-refractivity contribution is 7.92. The molecule has 0 saturated heterocycles. The maximum Gasteiger partial charge on any atom is 0.417 e. The standard InChI is InChI=1S/C26H31ClF3N3O4S/c1-3-23(25(35)31-19-11-7-8-12-19)32(16-18-9-5-4-6-10-18)24(34)17-33(38(2,36)37)20-13-14-22(27)21(15-20)26(28,29)30/h4-6,9-10,13-15,19,23H,3,7-8,11-12,16-17H2,1-2H3,(H,31,35)/t23-/m1/s1. The van der Waals surface area contributed by atoms with Crippen molar-refractivity contribution in [3.63, 3.8) is 0 Å². The fourth-order valence-electron chi connectivity index (χ4n) is 4.57. The van der Waals surface area contributed by atoms with Crippen molar-refractivity contribution in [2.24, 2.45) is 0 Å². The van der Waals surface area contributed by atoms with Gasteiger partial charge in [-0.15, -0.1) is 0 Å². The van der Waals surface area contributed by atoms with Gasteiger partial charge in [0.15, 0.2) is 0 Å². The summed E-state index contributed by atoms with van der Waals surface area (Å²) in [6, 6.07) is 10.6. The summed E-state index contributed by atoms with van der Waals surface area (Å²) in [6.45, 7) is 0.966. The Morgan fingerprint density at radius 1 is 1.11 bits per heavy atom. The number of carbonyl (C=O) groups is 2. The molecular formula is C26H31ClF3N3O4S. The minimum atomic E-state index is -4.83. The van der Waals surface area contributed by atoms with E-state index in [9.17, 15) is 31.2 Å². The topological polar surface area (TPSA) is 86.8 Å². The van der Waals surface area contributed by atoms with Crippen LogP contribution in [-0.2, 0) is 32.3 Å². The third kappa shape index (κ3) is 7.63. The van der Waals surface area contributed by atoms with Crippen LogP contribution in [0, 0.1) is 0 Å². The average molecular weight is 574 g/mol. The molecule has 2 aromatic carbocycles. The second-order valence-electron chi connectivity index (χ2n) is 9.35. The fraction of sp³-hybridized carbons (Fsp3) is 0.462. The average Bonchev–Trinajstić information content (AvgIpc) is 3.35. The first-order valence-corrected chi connectivity index (χ1v) is 14.5. The molecule has 12 heteroatoms. The van der Waals surface area contributed by atoms with Crippen LogP contribution in [0.1, 0.15) is 50.2 Å². The van der Waals surface area contributed by atoms with Crippen LogP contribution in [0.15, 0.2) is 48.5 Å². The van der Waals surface area contributed by atoms with Gasteiger partial charge in [0.25, 0.3) is 0 Å². The Kier molecular flexibility index (Phi) is 9.69. The number of halogens is 4. The smallest absolute Gasteiger partial charge is 0.352 e. The molecule has 2 amide bonds. The monoisotopic (exact) mass is 573 g/mol. The number of amides is 2. The van der Waals surface area contributed by atoms with E-state index in [0.717, 1.165) is 44.1 Å². The van der Waals surface area contributed by atoms with Crippen molar-refractivity contribution in [3.8, 4) is 0 Å². The zero-order chi connectivity index (χ0) is 28.1. The molecule has 208 valence electrons. The lowest BCUT2D eigenvalue weighted by Gasteiger charge is -2.33. The summed E-state index contributed by atoms with van der Waals surface area (Å²) < 4.78 is 66.3. The number of anilines is 1. The molecule has 0 aromatic heterocycles. The van der Waals surface area contributed by atoms with Crippen LogP contribution < -0.4 is 9.62 Å². The van der Waals surface area contributed by atoms with Crippen LogP contribution in [0.4, 0.5) is 18.9 Å². The van der Waals surface area contributed by atoms with Gasteiger partial charge in [0, 0.05) is 12.6 Å². The lowest BCUT2D eigenvalue weighted by atomic mass is 10.1. The van der Waals surface area contributed by atoms with Crippen molar-refractivity contribution >= 4 is 39.1 Å². The number of benzene rings is 2. The predicted octanol–water partition coefficient (Wildman–Crippen LogP) is 4.99. The van der Waals surface area contributed by atoms with Crippen LogP contribution >= 0.6 is 11.6 Å². The molecule has 1 aliphatic rings. The molecule has 3 rings (SSSR count). The van der Waals surface area contributed by atoms with E-state index in [2.05, 4.69) is 5.32 Å².